The Labute approximate surface area is 117 Å². The smallest absolute Gasteiger partial charge is 0.308 e. The largest absolute Gasteiger partial charge is 0.507 e. The standard InChI is InChI=1S/C15H18FNO3/c1-20-15(19)10-4-2-9(3-5-10)14(17)12-8-11(16)6-7-13(12)18/h6-10,17-18H,2-5H2,1H3. The Bertz CT molecular complexity index is 522. The Morgan fingerprint density at radius 1 is 1.30 bits per heavy atom. The highest BCUT2D eigenvalue weighted by Gasteiger charge is 2.30. The van der Waals surface area contributed by atoms with Crippen LogP contribution in [-0.4, -0.2) is 23.9 Å². The third-order valence-corrected chi connectivity index (χ3v) is 3.92. The molecule has 108 valence electrons. The van der Waals surface area contributed by atoms with Gasteiger partial charge in [0.25, 0.3) is 0 Å². The van der Waals surface area contributed by atoms with Gasteiger partial charge in [-0.25, -0.2) is 4.39 Å². The molecule has 1 aromatic carbocycles. The first kappa shape index (κ1) is 14.5. The van der Waals surface area contributed by atoms with Crippen LogP contribution in [0.3, 0.4) is 0 Å². The number of benzene rings is 1. The number of aromatic hydroxyl groups is 1. The Hall–Kier alpha value is -1.91. The monoisotopic (exact) mass is 279 g/mol. The lowest BCUT2D eigenvalue weighted by Crippen LogP contribution is -2.26. The van der Waals surface area contributed by atoms with Gasteiger partial charge in [-0.05, 0) is 43.9 Å². The van der Waals surface area contributed by atoms with E-state index in [0.717, 1.165) is 0 Å². The first-order chi connectivity index (χ1) is 9.52. The van der Waals surface area contributed by atoms with Crippen molar-refractivity contribution in [3.63, 3.8) is 0 Å². The lowest BCUT2D eigenvalue weighted by Gasteiger charge is -2.27. The van der Waals surface area contributed by atoms with Crippen molar-refractivity contribution in [2.24, 2.45) is 11.8 Å². The second-order valence-corrected chi connectivity index (χ2v) is 5.15. The number of ether oxygens (including phenoxy) is 1. The first-order valence-electron chi connectivity index (χ1n) is 6.68. The van der Waals surface area contributed by atoms with Crippen LogP contribution in [0.4, 0.5) is 4.39 Å². The molecular weight excluding hydrogens is 261 g/mol. The number of hydrogen-bond donors (Lipinski definition) is 2. The van der Waals surface area contributed by atoms with Crippen LogP contribution in [-0.2, 0) is 9.53 Å². The minimum absolute atomic E-state index is 0.0522. The van der Waals surface area contributed by atoms with E-state index in [4.69, 9.17) is 10.1 Å². The van der Waals surface area contributed by atoms with Gasteiger partial charge in [-0.2, -0.15) is 0 Å². The van der Waals surface area contributed by atoms with Crippen LogP contribution in [0.2, 0.25) is 0 Å². The summed E-state index contributed by atoms with van der Waals surface area (Å²) in [7, 11) is 1.38. The fourth-order valence-electron chi connectivity index (χ4n) is 2.73. The molecule has 1 saturated carbocycles. The van der Waals surface area contributed by atoms with Crippen LogP contribution < -0.4 is 0 Å². The fourth-order valence-corrected chi connectivity index (χ4v) is 2.73. The van der Waals surface area contributed by atoms with Crippen LogP contribution in [0.25, 0.3) is 0 Å². The van der Waals surface area contributed by atoms with E-state index in [-0.39, 0.29) is 34.8 Å². The van der Waals surface area contributed by atoms with Crippen molar-refractivity contribution in [3.8, 4) is 5.75 Å². The van der Waals surface area contributed by atoms with Crippen molar-refractivity contribution in [1.29, 1.82) is 5.41 Å². The van der Waals surface area contributed by atoms with Gasteiger partial charge in [0.05, 0.1) is 13.0 Å². The zero-order valence-electron chi connectivity index (χ0n) is 11.4. The molecule has 1 aromatic rings. The molecular formula is C15H18FNO3. The van der Waals surface area contributed by atoms with Crippen LogP contribution in [0, 0.1) is 23.1 Å². The summed E-state index contributed by atoms with van der Waals surface area (Å²) < 4.78 is 17.9. The summed E-state index contributed by atoms with van der Waals surface area (Å²) in [6.07, 6.45) is 2.68. The van der Waals surface area contributed by atoms with Gasteiger partial charge in [0.1, 0.15) is 11.6 Å². The number of methoxy groups -OCH3 is 1. The molecule has 0 aromatic heterocycles. The van der Waals surface area contributed by atoms with E-state index in [2.05, 4.69) is 0 Å². The lowest BCUT2D eigenvalue weighted by molar-refractivity contribution is -0.146. The SMILES string of the molecule is COC(=O)C1CCC(C(=N)c2cc(F)ccc2O)CC1. The molecule has 2 N–H and O–H groups in total. The maximum Gasteiger partial charge on any atom is 0.308 e. The van der Waals surface area contributed by atoms with E-state index in [9.17, 15) is 14.3 Å². The number of halogens is 1. The lowest BCUT2D eigenvalue weighted by atomic mass is 9.78. The number of esters is 1. The van der Waals surface area contributed by atoms with Crippen molar-refractivity contribution in [2.45, 2.75) is 25.7 Å². The third-order valence-electron chi connectivity index (χ3n) is 3.92. The van der Waals surface area contributed by atoms with Crippen molar-refractivity contribution in [2.75, 3.05) is 7.11 Å². The van der Waals surface area contributed by atoms with Gasteiger partial charge >= 0.3 is 5.97 Å². The molecule has 0 spiro atoms. The molecule has 2 rings (SSSR count). The van der Waals surface area contributed by atoms with Gasteiger partial charge in [0.15, 0.2) is 0 Å². The maximum atomic E-state index is 13.2. The summed E-state index contributed by atoms with van der Waals surface area (Å²) >= 11 is 0. The van der Waals surface area contributed by atoms with E-state index in [1.54, 1.807) is 0 Å². The highest BCUT2D eigenvalue weighted by Crippen LogP contribution is 2.33. The summed E-state index contributed by atoms with van der Waals surface area (Å²) in [6.45, 7) is 0. The highest BCUT2D eigenvalue weighted by atomic mass is 19.1. The van der Waals surface area contributed by atoms with Crippen LogP contribution in [0.15, 0.2) is 18.2 Å². The molecule has 0 bridgehead atoms. The van der Waals surface area contributed by atoms with Crippen LogP contribution >= 0.6 is 0 Å². The number of hydrogen-bond acceptors (Lipinski definition) is 4. The normalized spacial score (nSPS) is 22.3. The molecule has 0 saturated heterocycles. The number of nitrogens with one attached hydrogen (secondary N) is 1. The Kier molecular flexibility index (Phi) is 4.37. The van der Waals surface area contributed by atoms with Crippen LogP contribution in [0.1, 0.15) is 31.2 Å². The summed E-state index contributed by atoms with van der Waals surface area (Å²) in [6, 6.07) is 3.61. The number of rotatable bonds is 3. The minimum atomic E-state index is -0.467. The highest BCUT2D eigenvalue weighted by molar-refractivity contribution is 6.02. The molecule has 5 heteroatoms. The summed E-state index contributed by atoms with van der Waals surface area (Å²) in [4.78, 5) is 11.4. The van der Waals surface area contributed by atoms with Crippen molar-refractivity contribution in [3.05, 3.63) is 29.6 Å². The van der Waals surface area contributed by atoms with Gasteiger partial charge in [-0.3, -0.25) is 4.79 Å². The molecule has 4 nitrogen and oxygen atoms in total. The van der Waals surface area contributed by atoms with E-state index in [1.807, 2.05) is 0 Å². The third kappa shape index (κ3) is 2.98. The topological polar surface area (TPSA) is 70.4 Å². The van der Waals surface area contributed by atoms with Gasteiger partial charge < -0.3 is 15.3 Å². The van der Waals surface area contributed by atoms with E-state index in [1.165, 1.54) is 25.3 Å². The first-order valence-corrected chi connectivity index (χ1v) is 6.68. The van der Waals surface area contributed by atoms with Gasteiger partial charge in [-0.15, -0.1) is 0 Å². The van der Waals surface area contributed by atoms with Gasteiger partial charge in [0, 0.05) is 17.2 Å². The van der Waals surface area contributed by atoms with Crippen LogP contribution in [0.5, 0.6) is 5.75 Å². The summed E-state index contributed by atoms with van der Waals surface area (Å²) in [5.41, 5.74) is 0.483. The average Bonchev–Trinajstić information content (AvgIpc) is 2.48. The van der Waals surface area contributed by atoms with Crippen molar-refractivity contribution >= 4 is 11.7 Å². The number of carbonyl (C=O) groups excluding carboxylic acids is 1. The molecule has 0 amide bonds. The summed E-state index contributed by atoms with van der Waals surface area (Å²) in [5.74, 6) is -0.908. The Balaban J connectivity index is 2.05. The summed E-state index contributed by atoms with van der Waals surface area (Å²) in [5, 5.41) is 17.9. The van der Waals surface area contributed by atoms with E-state index >= 15 is 0 Å². The van der Waals surface area contributed by atoms with E-state index < -0.39 is 5.82 Å². The molecule has 20 heavy (non-hydrogen) atoms. The van der Waals surface area contributed by atoms with Crippen molar-refractivity contribution in [1.82, 2.24) is 0 Å². The Morgan fingerprint density at radius 2 is 1.90 bits per heavy atom. The molecule has 0 radical (unpaired) electrons. The van der Waals surface area contributed by atoms with Crippen molar-refractivity contribution < 1.29 is 19.0 Å². The molecule has 1 aliphatic carbocycles. The molecule has 1 fully saturated rings. The predicted molar refractivity (Wildman–Crippen MR) is 72.4 cm³/mol. The second kappa shape index (κ2) is 6.03. The maximum absolute atomic E-state index is 13.2. The minimum Gasteiger partial charge on any atom is -0.507 e. The zero-order chi connectivity index (χ0) is 14.7. The number of phenolic OH excluding ortho intramolecular Hbond substituents is 1. The quantitative estimate of drug-likeness (QED) is 0.660. The predicted octanol–water partition coefficient (Wildman–Crippen LogP) is 2.88. The molecule has 0 heterocycles. The number of carbonyl (C=O) groups is 1. The van der Waals surface area contributed by atoms with Gasteiger partial charge in [-0.1, -0.05) is 0 Å². The molecule has 1 aliphatic rings. The zero-order valence-corrected chi connectivity index (χ0v) is 11.4. The molecule has 0 atom stereocenters. The number of phenols is 1. The molecule has 0 unspecified atom stereocenters. The molecule has 0 aliphatic heterocycles. The average molecular weight is 279 g/mol. The fraction of sp³-hybridized carbons (Fsp3) is 0.467. The Morgan fingerprint density at radius 3 is 2.50 bits per heavy atom. The van der Waals surface area contributed by atoms with E-state index in [0.29, 0.717) is 25.7 Å². The second-order valence-electron chi connectivity index (χ2n) is 5.15. The van der Waals surface area contributed by atoms with Gasteiger partial charge in [0.2, 0.25) is 0 Å².